The molecular formula is C13H28N2O. The molecule has 0 rings (SSSR count). The van der Waals surface area contributed by atoms with Gasteiger partial charge in [-0.3, -0.25) is 4.79 Å². The maximum absolute atomic E-state index is 12.3. The molecule has 0 heterocycles. The SMILES string of the molecule is CCC(CC)CN(CC)C(=O)C(C)(C)NC. The van der Waals surface area contributed by atoms with Gasteiger partial charge in [-0.05, 0) is 33.7 Å². The fraction of sp³-hybridized carbons (Fsp3) is 0.923. The highest BCUT2D eigenvalue weighted by molar-refractivity contribution is 5.85. The molecule has 1 amide bonds. The van der Waals surface area contributed by atoms with Gasteiger partial charge in [0, 0.05) is 13.1 Å². The van der Waals surface area contributed by atoms with Gasteiger partial charge in [0.1, 0.15) is 0 Å². The van der Waals surface area contributed by atoms with Crippen LogP contribution >= 0.6 is 0 Å². The third kappa shape index (κ3) is 4.12. The topological polar surface area (TPSA) is 32.3 Å². The molecule has 0 atom stereocenters. The highest BCUT2D eigenvalue weighted by Gasteiger charge is 2.30. The van der Waals surface area contributed by atoms with Gasteiger partial charge in [0.05, 0.1) is 5.54 Å². The smallest absolute Gasteiger partial charge is 0.242 e. The molecule has 0 saturated carbocycles. The van der Waals surface area contributed by atoms with E-state index in [0.717, 1.165) is 25.9 Å². The first-order valence-electron chi connectivity index (χ1n) is 6.41. The molecule has 3 nitrogen and oxygen atoms in total. The van der Waals surface area contributed by atoms with Crippen LogP contribution in [0.2, 0.25) is 0 Å². The third-order valence-electron chi connectivity index (χ3n) is 3.46. The van der Waals surface area contributed by atoms with E-state index in [2.05, 4.69) is 19.2 Å². The molecule has 0 aliphatic heterocycles. The largest absolute Gasteiger partial charge is 0.341 e. The van der Waals surface area contributed by atoms with E-state index in [-0.39, 0.29) is 5.91 Å². The highest BCUT2D eigenvalue weighted by Crippen LogP contribution is 2.14. The standard InChI is InChI=1S/C13H28N2O/c1-7-11(8-2)10-15(9-3)12(16)13(4,5)14-6/h11,14H,7-10H2,1-6H3. The Kier molecular flexibility index (Phi) is 6.65. The zero-order valence-corrected chi connectivity index (χ0v) is 11.8. The number of likely N-dealkylation sites (N-methyl/N-ethyl adjacent to an activating group) is 2. The monoisotopic (exact) mass is 228 g/mol. The number of amides is 1. The van der Waals surface area contributed by atoms with Crippen molar-refractivity contribution in [3.05, 3.63) is 0 Å². The second kappa shape index (κ2) is 6.89. The average Bonchev–Trinajstić information content (AvgIpc) is 2.30. The molecule has 0 aliphatic rings. The summed E-state index contributed by atoms with van der Waals surface area (Å²) in [5.74, 6) is 0.820. The molecule has 1 N–H and O–H groups in total. The summed E-state index contributed by atoms with van der Waals surface area (Å²) >= 11 is 0. The first-order chi connectivity index (χ1) is 7.42. The molecule has 0 aliphatic carbocycles. The van der Waals surface area contributed by atoms with Gasteiger partial charge in [-0.15, -0.1) is 0 Å². The summed E-state index contributed by atoms with van der Waals surface area (Å²) in [5, 5.41) is 3.07. The molecule has 0 bridgehead atoms. The lowest BCUT2D eigenvalue weighted by molar-refractivity contribution is -0.137. The van der Waals surface area contributed by atoms with Crippen LogP contribution in [0.15, 0.2) is 0 Å². The summed E-state index contributed by atoms with van der Waals surface area (Å²) in [6.07, 6.45) is 2.28. The molecule has 16 heavy (non-hydrogen) atoms. The Morgan fingerprint density at radius 2 is 1.75 bits per heavy atom. The molecule has 0 spiro atoms. The van der Waals surface area contributed by atoms with E-state index < -0.39 is 5.54 Å². The molecule has 0 radical (unpaired) electrons. The molecule has 96 valence electrons. The van der Waals surface area contributed by atoms with Crippen molar-refractivity contribution in [2.24, 2.45) is 5.92 Å². The third-order valence-corrected chi connectivity index (χ3v) is 3.46. The minimum atomic E-state index is -0.456. The van der Waals surface area contributed by atoms with E-state index >= 15 is 0 Å². The van der Waals surface area contributed by atoms with Gasteiger partial charge in [-0.1, -0.05) is 26.7 Å². The van der Waals surface area contributed by atoms with Gasteiger partial charge < -0.3 is 10.2 Å². The van der Waals surface area contributed by atoms with E-state index in [4.69, 9.17) is 0 Å². The fourth-order valence-electron chi connectivity index (χ4n) is 1.72. The second-order valence-corrected chi connectivity index (χ2v) is 4.90. The maximum atomic E-state index is 12.3. The maximum Gasteiger partial charge on any atom is 0.242 e. The predicted octanol–water partition coefficient (Wildman–Crippen LogP) is 2.27. The minimum Gasteiger partial charge on any atom is -0.341 e. The summed E-state index contributed by atoms with van der Waals surface area (Å²) in [5.41, 5.74) is -0.456. The van der Waals surface area contributed by atoms with Gasteiger partial charge in [0.25, 0.3) is 0 Å². The molecule has 3 heteroatoms. The Bertz CT molecular complexity index is 210. The van der Waals surface area contributed by atoms with Crippen LogP contribution in [-0.2, 0) is 4.79 Å². The van der Waals surface area contributed by atoms with Crippen LogP contribution in [0.3, 0.4) is 0 Å². The van der Waals surface area contributed by atoms with Gasteiger partial charge in [0.2, 0.25) is 5.91 Å². The minimum absolute atomic E-state index is 0.199. The van der Waals surface area contributed by atoms with Crippen LogP contribution in [0.5, 0.6) is 0 Å². The van der Waals surface area contributed by atoms with Crippen LogP contribution in [0.25, 0.3) is 0 Å². The zero-order chi connectivity index (χ0) is 12.8. The summed E-state index contributed by atoms with van der Waals surface area (Å²) in [6.45, 7) is 12.0. The lowest BCUT2D eigenvalue weighted by Gasteiger charge is -2.33. The number of carbonyl (C=O) groups excluding carboxylic acids is 1. The Morgan fingerprint density at radius 1 is 1.25 bits per heavy atom. The Hall–Kier alpha value is -0.570. The summed E-state index contributed by atoms with van der Waals surface area (Å²) in [7, 11) is 1.84. The lowest BCUT2D eigenvalue weighted by atomic mass is 9.99. The van der Waals surface area contributed by atoms with Crippen molar-refractivity contribution in [2.45, 2.75) is 53.0 Å². The molecule has 0 aromatic rings. The number of carbonyl (C=O) groups is 1. The van der Waals surface area contributed by atoms with Gasteiger partial charge in [0.15, 0.2) is 0 Å². The normalized spacial score (nSPS) is 11.9. The van der Waals surface area contributed by atoms with Crippen molar-refractivity contribution < 1.29 is 4.79 Å². The Balaban J connectivity index is 4.55. The lowest BCUT2D eigenvalue weighted by Crippen LogP contribution is -2.53. The average molecular weight is 228 g/mol. The first-order valence-corrected chi connectivity index (χ1v) is 6.41. The van der Waals surface area contributed by atoms with Crippen molar-refractivity contribution in [1.82, 2.24) is 10.2 Å². The van der Waals surface area contributed by atoms with E-state index in [0.29, 0.717) is 5.92 Å². The fourth-order valence-corrected chi connectivity index (χ4v) is 1.72. The number of nitrogens with one attached hydrogen (secondary N) is 1. The number of nitrogens with zero attached hydrogens (tertiary/aromatic N) is 1. The van der Waals surface area contributed by atoms with E-state index in [1.54, 1.807) is 0 Å². The highest BCUT2D eigenvalue weighted by atomic mass is 16.2. The summed E-state index contributed by atoms with van der Waals surface area (Å²) in [4.78, 5) is 14.2. The van der Waals surface area contributed by atoms with Gasteiger partial charge in [-0.25, -0.2) is 0 Å². The van der Waals surface area contributed by atoms with Crippen LogP contribution in [0.1, 0.15) is 47.5 Å². The van der Waals surface area contributed by atoms with E-state index in [1.807, 2.05) is 32.7 Å². The molecule has 0 aromatic carbocycles. The Morgan fingerprint density at radius 3 is 2.06 bits per heavy atom. The molecule has 0 fully saturated rings. The van der Waals surface area contributed by atoms with E-state index in [1.165, 1.54) is 0 Å². The zero-order valence-electron chi connectivity index (χ0n) is 11.8. The van der Waals surface area contributed by atoms with Crippen molar-refractivity contribution >= 4 is 5.91 Å². The number of hydrogen-bond acceptors (Lipinski definition) is 2. The molecule has 0 aromatic heterocycles. The number of rotatable bonds is 7. The van der Waals surface area contributed by atoms with Crippen molar-refractivity contribution in [3.8, 4) is 0 Å². The van der Waals surface area contributed by atoms with Crippen molar-refractivity contribution in [2.75, 3.05) is 20.1 Å². The van der Waals surface area contributed by atoms with Crippen LogP contribution < -0.4 is 5.32 Å². The molecule has 0 saturated heterocycles. The predicted molar refractivity (Wildman–Crippen MR) is 69.5 cm³/mol. The summed E-state index contributed by atoms with van der Waals surface area (Å²) < 4.78 is 0. The van der Waals surface area contributed by atoms with Crippen molar-refractivity contribution in [1.29, 1.82) is 0 Å². The quantitative estimate of drug-likeness (QED) is 0.725. The first kappa shape index (κ1) is 15.4. The van der Waals surface area contributed by atoms with Crippen LogP contribution in [0.4, 0.5) is 0 Å². The van der Waals surface area contributed by atoms with Crippen LogP contribution in [-0.4, -0.2) is 36.5 Å². The van der Waals surface area contributed by atoms with E-state index in [9.17, 15) is 4.79 Å². The molecular weight excluding hydrogens is 200 g/mol. The van der Waals surface area contributed by atoms with Crippen molar-refractivity contribution in [3.63, 3.8) is 0 Å². The number of hydrogen-bond donors (Lipinski definition) is 1. The second-order valence-electron chi connectivity index (χ2n) is 4.90. The Labute approximate surface area is 101 Å². The van der Waals surface area contributed by atoms with Gasteiger partial charge >= 0.3 is 0 Å². The molecule has 0 unspecified atom stereocenters. The van der Waals surface area contributed by atoms with Crippen LogP contribution in [0, 0.1) is 5.92 Å². The van der Waals surface area contributed by atoms with Gasteiger partial charge in [-0.2, -0.15) is 0 Å². The summed E-state index contributed by atoms with van der Waals surface area (Å²) in [6, 6.07) is 0.